The van der Waals surface area contributed by atoms with E-state index in [4.69, 9.17) is 4.74 Å². The molecule has 2 aromatic rings. The second-order valence-electron chi connectivity index (χ2n) is 8.60. The van der Waals surface area contributed by atoms with E-state index >= 15 is 0 Å². The van der Waals surface area contributed by atoms with E-state index in [1.54, 1.807) is 51.1 Å². The van der Waals surface area contributed by atoms with Gasteiger partial charge in [-0.05, 0) is 32.4 Å². The van der Waals surface area contributed by atoms with Gasteiger partial charge in [0.25, 0.3) is 5.91 Å². The number of benzene rings is 2. The summed E-state index contributed by atoms with van der Waals surface area (Å²) in [5.41, 5.74) is -4.87. The summed E-state index contributed by atoms with van der Waals surface area (Å²) in [6, 6.07) is 11.2. The topological polar surface area (TPSA) is 102 Å². The number of carbonyl (C=O) groups is 2. The predicted octanol–water partition coefficient (Wildman–Crippen LogP) is 4.25. The minimum Gasteiger partial charge on any atom is -0.444 e. The van der Waals surface area contributed by atoms with Crippen LogP contribution >= 0.6 is 0 Å². The molecule has 1 aliphatic rings. The average Bonchev–Trinajstić information content (AvgIpc) is 2.88. The second-order valence-corrected chi connectivity index (χ2v) is 8.60. The molecule has 176 valence electrons. The van der Waals surface area contributed by atoms with Crippen molar-refractivity contribution in [3.8, 4) is 0 Å². The molecule has 0 aliphatic carbocycles. The molecule has 11 heteroatoms. The third-order valence-corrected chi connectivity index (χ3v) is 4.95. The molecule has 1 heterocycles. The summed E-state index contributed by atoms with van der Waals surface area (Å²) in [7, 11) is 0. The molecule has 0 bridgehead atoms. The number of ether oxygens (including phenoxy) is 1. The second kappa shape index (κ2) is 8.38. The highest BCUT2D eigenvalue weighted by Gasteiger charge is 2.58. The zero-order valence-corrected chi connectivity index (χ0v) is 18.1. The van der Waals surface area contributed by atoms with Gasteiger partial charge in [0.2, 0.25) is 12.1 Å². The molecule has 3 rings (SSSR count). The Kier molecular flexibility index (Phi) is 6.10. The highest BCUT2D eigenvalue weighted by atomic mass is 19.4. The monoisotopic (exact) mass is 465 g/mol. The van der Waals surface area contributed by atoms with Crippen LogP contribution in [0.1, 0.15) is 37.5 Å². The number of halogens is 3. The smallest absolute Gasteiger partial charge is 0.418 e. The van der Waals surface area contributed by atoms with Crippen molar-refractivity contribution in [2.75, 3.05) is 11.4 Å². The zero-order chi connectivity index (χ0) is 24.6. The lowest BCUT2D eigenvalue weighted by Crippen LogP contribution is -2.57. The summed E-state index contributed by atoms with van der Waals surface area (Å²) < 4.78 is 46.8. The van der Waals surface area contributed by atoms with Gasteiger partial charge in [-0.3, -0.25) is 20.2 Å². The summed E-state index contributed by atoms with van der Waals surface area (Å²) in [5, 5.41) is 13.8. The summed E-state index contributed by atoms with van der Waals surface area (Å²) in [6.07, 6.45) is -6.01. The van der Waals surface area contributed by atoms with Crippen LogP contribution in [-0.2, 0) is 27.8 Å². The first-order valence-electron chi connectivity index (χ1n) is 9.94. The highest BCUT2D eigenvalue weighted by Crippen LogP contribution is 2.48. The number of hydrogen-bond acceptors (Lipinski definition) is 5. The number of nitrogens with zero attached hydrogens (tertiary/aromatic N) is 2. The van der Waals surface area contributed by atoms with Crippen molar-refractivity contribution < 1.29 is 32.4 Å². The minimum atomic E-state index is -4.85. The molecule has 33 heavy (non-hydrogen) atoms. The molecule has 2 aromatic carbocycles. The Morgan fingerprint density at radius 1 is 1.12 bits per heavy atom. The number of fused-ring (bicyclic) bond motifs is 1. The van der Waals surface area contributed by atoms with E-state index in [-0.39, 0.29) is 12.1 Å². The normalized spacial score (nSPS) is 18.1. The lowest BCUT2D eigenvalue weighted by molar-refractivity contribution is -0.488. The maximum absolute atomic E-state index is 13.9. The first-order valence-corrected chi connectivity index (χ1v) is 9.94. The van der Waals surface area contributed by atoms with Gasteiger partial charge in [0.05, 0.1) is 17.8 Å². The number of anilines is 1. The average molecular weight is 465 g/mol. The van der Waals surface area contributed by atoms with Crippen molar-refractivity contribution in [2.24, 2.45) is 0 Å². The number of rotatable bonds is 5. The molecular formula is C22H22F3N3O5. The van der Waals surface area contributed by atoms with Crippen molar-refractivity contribution in [3.05, 3.63) is 75.3 Å². The molecule has 0 radical (unpaired) electrons. The molecule has 1 atom stereocenters. The first-order chi connectivity index (χ1) is 15.2. The van der Waals surface area contributed by atoms with Gasteiger partial charge < -0.3 is 9.64 Å². The molecule has 0 fully saturated rings. The van der Waals surface area contributed by atoms with Gasteiger partial charge in [-0.2, -0.15) is 13.2 Å². The molecule has 0 unspecified atom stereocenters. The van der Waals surface area contributed by atoms with Crippen molar-refractivity contribution in [3.63, 3.8) is 0 Å². The maximum atomic E-state index is 13.9. The quantitative estimate of drug-likeness (QED) is 0.526. The summed E-state index contributed by atoms with van der Waals surface area (Å²) >= 11 is 0. The number of alkyl carbamates (subject to hydrolysis) is 1. The van der Waals surface area contributed by atoms with Crippen molar-refractivity contribution in [2.45, 2.75) is 44.6 Å². The standard InChI is InChI=1S/C22H22F3N3O5/c1-20(2,3)33-19(30)26-21(13-28(31)32)15-10-7-11-16(22(23,24)25)17(15)27(18(21)29)12-14-8-5-4-6-9-14/h4-11H,12-13H2,1-3H3,(H,26,30)/t21-/m0/s1. The molecule has 0 saturated heterocycles. The van der Waals surface area contributed by atoms with Crippen LogP contribution in [0.3, 0.4) is 0 Å². The Hall–Kier alpha value is -3.63. The summed E-state index contributed by atoms with van der Waals surface area (Å²) in [5.74, 6) is -1.05. The Labute approximate surface area is 187 Å². The fraction of sp³-hybridized carbons (Fsp3) is 0.364. The van der Waals surface area contributed by atoms with Crippen LogP contribution in [0.4, 0.5) is 23.7 Å². The van der Waals surface area contributed by atoms with Crippen LogP contribution in [0.5, 0.6) is 0 Å². The van der Waals surface area contributed by atoms with Gasteiger partial charge in [0.1, 0.15) is 5.60 Å². The van der Waals surface area contributed by atoms with E-state index in [2.05, 4.69) is 5.32 Å². The summed E-state index contributed by atoms with van der Waals surface area (Å²) in [4.78, 5) is 37.7. The van der Waals surface area contributed by atoms with Gasteiger partial charge in [-0.25, -0.2) is 4.79 Å². The number of hydrogen-bond donors (Lipinski definition) is 1. The van der Waals surface area contributed by atoms with Crippen LogP contribution in [0.25, 0.3) is 0 Å². The molecule has 2 amide bonds. The lowest BCUT2D eigenvalue weighted by Gasteiger charge is -2.28. The van der Waals surface area contributed by atoms with E-state index in [1.807, 2.05) is 0 Å². The summed E-state index contributed by atoms with van der Waals surface area (Å²) in [6.45, 7) is 3.18. The largest absolute Gasteiger partial charge is 0.444 e. The van der Waals surface area contributed by atoms with Crippen molar-refractivity contribution in [1.29, 1.82) is 0 Å². The van der Waals surface area contributed by atoms with Crippen molar-refractivity contribution in [1.82, 2.24) is 5.32 Å². The number of nitro groups is 1. The van der Waals surface area contributed by atoms with Crippen LogP contribution in [0.15, 0.2) is 48.5 Å². The third kappa shape index (κ3) is 4.91. The Bertz CT molecular complexity index is 1080. The van der Waals surface area contributed by atoms with Crippen LogP contribution in [0, 0.1) is 10.1 Å². The fourth-order valence-electron chi connectivity index (χ4n) is 3.76. The Balaban J connectivity index is 2.21. The number of para-hydroxylation sites is 1. The lowest BCUT2D eigenvalue weighted by atomic mass is 9.90. The third-order valence-electron chi connectivity index (χ3n) is 4.95. The minimum absolute atomic E-state index is 0.283. The van der Waals surface area contributed by atoms with Gasteiger partial charge in [0.15, 0.2) is 0 Å². The van der Waals surface area contributed by atoms with E-state index in [0.29, 0.717) is 5.56 Å². The number of amides is 2. The van der Waals surface area contributed by atoms with E-state index in [1.165, 1.54) is 6.07 Å². The zero-order valence-electron chi connectivity index (χ0n) is 18.1. The van der Waals surface area contributed by atoms with Crippen molar-refractivity contribution >= 4 is 17.7 Å². The van der Waals surface area contributed by atoms with E-state index in [0.717, 1.165) is 17.0 Å². The number of carbonyl (C=O) groups excluding carboxylic acids is 2. The molecule has 1 aliphatic heterocycles. The number of alkyl halides is 3. The van der Waals surface area contributed by atoms with E-state index in [9.17, 15) is 32.9 Å². The predicted molar refractivity (Wildman–Crippen MR) is 112 cm³/mol. The molecular weight excluding hydrogens is 443 g/mol. The Morgan fingerprint density at radius 2 is 1.76 bits per heavy atom. The van der Waals surface area contributed by atoms with Crippen LogP contribution in [-0.4, -0.2) is 29.1 Å². The highest BCUT2D eigenvalue weighted by molar-refractivity contribution is 6.10. The van der Waals surface area contributed by atoms with Crippen LogP contribution < -0.4 is 10.2 Å². The SMILES string of the molecule is CC(C)(C)OC(=O)N[C@]1(C[N+](=O)[O-])C(=O)N(Cc2ccccc2)c2c(C(F)(F)F)cccc21. The van der Waals surface area contributed by atoms with Gasteiger partial charge >= 0.3 is 12.3 Å². The molecule has 1 N–H and O–H groups in total. The number of nitrogens with one attached hydrogen (secondary N) is 1. The molecule has 0 spiro atoms. The van der Waals surface area contributed by atoms with Gasteiger partial charge in [0, 0.05) is 10.5 Å². The molecule has 0 saturated carbocycles. The molecule has 8 nitrogen and oxygen atoms in total. The van der Waals surface area contributed by atoms with Crippen LogP contribution in [0.2, 0.25) is 0 Å². The van der Waals surface area contributed by atoms with E-state index < -0.39 is 52.0 Å². The Morgan fingerprint density at radius 3 is 2.30 bits per heavy atom. The fourth-order valence-corrected chi connectivity index (χ4v) is 3.76. The first kappa shape index (κ1) is 24.0. The van der Waals surface area contributed by atoms with Gasteiger partial charge in [-0.15, -0.1) is 0 Å². The van der Waals surface area contributed by atoms with Gasteiger partial charge in [-0.1, -0.05) is 42.5 Å². The maximum Gasteiger partial charge on any atom is 0.418 e. The molecule has 0 aromatic heterocycles.